The standard InChI is InChI=1S/C12H14N4O4S/c1-20-5-4-16-11(8-2-3-9(17)13-6-8)14-15-12(16)21-7-10(18)19/h2-3,6H,4-5,7H2,1H3,(H,13,17)(H,18,19). The van der Waals surface area contributed by atoms with Gasteiger partial charge in [-0.15, -0.1) is 10.2 Å². The third kappa shape index (κ3) is 3.92. The smallest absolute Gasteiger partial charge is 0.313 e. The number of methoxy groups -OCH3 is 1. The van der Waals surface area contributed by atoms with Crippen LogP contribution in [0, 0.1) is 0 Å². The quantitative estimate of drug-likeness (QED) is 0.715. The molecule has 0 unspecified atom stereocenters. The Labute approximate surface area is 124 Å². The van der Waals surface area contributed by atoms with Gasteiger partial charge in [0.15, 0.2) is 11.0 Å². The predicted octanol–water partition coefficient (Wildman–Crippen LogP) is 0.456. The molecule has 2 aromatic rings. The number of carbonyl (C=O) groups is 1. The molecule has 0 radical (unpaired) electrons. The van der Waals surface area contributed by atoms with E-state index in [2.05, 4.69) is 15.2 Å². The molecular weight excluding hydrogens is 296 g/mol. The SMILES string of the molecule is COCCn1c(SCC(=O)O)nnc1-c1ccc(=O)[nH]c1. The number of nitrogens with zero attached hydrogens (tertiary/aromatic N) is 3. The van der Waals surface area contributed by atoms with E-state index in [1.165, 1.54) is 6.07 Å². The van der Waals surface area contributed by atoms with E-state index in [0.29, 0.717) is 29.7 Å². The largest absolute Gasteiger partial charge is 0.481 e. The van der Waals surface area contributed by atoms with Crippen molar-refractivity contribution in [3.8, 4) is 11.4 Å². The summed E-state index contributed by atoms with van der Waals surface area (Å²) >= 11 is 1.09. The number of ether oxygens (including phenoxy) is 1. The number of carboxylic acid groups (broad SMARTS) is 1. The van der Waals surface area contributed by atoms with Crippen LogP contribution in [0.1, 0.15) is 0 Å². The minimum absolute atomic E-state index is 0.100. The summed E-state index contributed by atoms with van der Waals surface area (Å²) < 4.78 is 6.81. The van der Waals surface area contributed by atoms with Crippen LogP contribution in [0.2, 0.25) is 0 Å². The molecule has 21 heavy (non-hydrogen) atoms. The summed E-state index contributed by atoms with van der Waals surface area (Å²) in [7, 11) is 1.58. The molecule has 9 heteroatoms. The van der Waals surface area contributed by atoms with E-state index in [1.807, 2.05) is 0 Å². The van der Waals surface area contributed by atoms with Gasteiger partial charge in [0.25, 0.3) is 0 Å². The van der Waals surface area contributed by atoms with Crippen molar-refractivity contribution >= 4 is 17.7 Å². The molecule has 0 bridgehead atoms. The zero-order chi connectivity index (χ0) is 15.2. The maximum atomic E-state index is 11.1. The minimum Gasteiger partial charge on any atom is -0.481 e. The third-order valence-corrected chi connectivity index (χ3v) is 3.55. The van der Waals surface area contributed by atoms with Gasteiger partial charge in [0, 0.05) is 24.9 Å². The predicted molar refractivity (Wildman–Crippen MR) is 76.3 cm³/mol. The van der Waals surface area contributed by atoms with Crippen LogP contribution in [0.25, 0.3) is 11.4 Å². The summed E-state index contributed by atoms with van der Waals surface area (Å²) in [5.74, 6) is -0.473. The monoisotopic (exact) mass is 310 g/mol. The fraction of sp³-hybridized carbons (Fsp3) is 0.333. The van der Waals surface area contributed by atoms with Crippen LogP contribution in [-0.4, -0.2) is 50.3 Å². The summed E-state index contributed by atoms with van der Waals surface area (Å²) in [5, 5.41) is 17.3. The number of aliphatic carboxylic acids is 1. The maximum absolute atomic E-state index is 11.1. The van der Waals surface area contributed by atoms with Crippen molar-refractivity contribution in [2.75, 3.05) is 19.5 Å². The van der Waals surface area contributed by atoms with E-state index in [4.69, 9.17) is 9.84 Å². The number of aromatic amines is 1. The normalized spacial score (nSPS) is 10.7. The number of hydrogen-bond donors (Lipinski definition) is 2. The first-order valence-corrected chi connectivity index (χ1v) is 7.06. The molecule has 112 valence electrons. The van der Waals surface area contributed by atoms with Crippen LogP contribution in [0.3, 0.4) is 0 Å². The summed E-state index contributed by atoms with van der Waals surface area (Å²) in [4.78, 5) is 24.3. The summed E-state index contributed by atoms with van der Waals surface area (Å²) in [6.45, 7) is 0.926. The lowest BCUT2D eigenvalue weighted by atomic mass is 10.3. The highest BCUT2D eigenvalue weighted by Crippen LogP contribution is 2.22. The number of pyridine rings is 1. The number of hydrogen-bond acceptors (Lipinski definition) is 6. The summed E-state index contributed by atoms with van der Waals surface area (Å²) in [5.41, 5.74) is 0.488. The number of nitrogens with one attached hydrogen (secondary N) is 1. The molecule has 0 aromatic carbocycles. The highest BCUT2D eigenvalue weighted by Gasteiger charge is 2.15. The second kappa shape index (κ2) is 7.04. The first kappa shape index (κ1) is 15.3. The Morgan fingerprint density at radius 3 is 2.90 bits per heavy atom. The molecule has 8 nitrogen and oxygen atoms in total. The van der Waals surface area contributed by atoms with Gasteiger partial charge in [-0.05, 0) is 6.07 Å². The lowest BCUT2D eigenvalue weighted by molar-refractivity contribution is -0.133. The maximum Gasteiger partial charge on any atom is 0.313 e. The first-order chi connectivity index (χ1) is 10.1. The molecule has 2 aromatic heterocycles. The van der Waals surface area contributed by atoms with Crippen LogP contribution >= 0.6 is 11.8 Å². The number of aromatic nitrogens is 4. The molecule has 2 heterocycles. The van der Waals surface area contributed by atoms with Crippen LogP contribution in [0.5, 0.6) is 0 Å². The van der Waals surface area contributed by atoms with Crippen molar-refractivity contribution in [2.45, 2.75) is 11.7 Å². The molecule has 2 rings (SSSR count). The van der Waals surface area contributed by atoms with Gasteiger partial charge in [-0.1, -0.05) is 11.8 Å². The van der Waals surface area contributed by atoms with Crippen molar-refractivity contribution in [2.24, 2.45) is 0 Å². The van der Waals surface area contributed by atoms with Gasteiger partial charge >= 0.3 is 5.97 Å². The van der Waals surface area contributed by atoms with E-state index < -0.39 is 5.97 Å². The van der Waals surface area contributed by atoms with E-state index in [1.54, 1.807) is 23.9 Å². The van der Waals surface area contributed by atoms with E-state index in [9.17, 15) is 9.59 Å². The van der Waals surface area contributed by atoms with Gasteiger partial charge in [0.05, 0.1) is 18.9 Å². The lowest BCUT2D eigenvalue weighted by Crippen LogP contribution is -2.09. The van der Waals surface area contributed by atoms with Gasteiger partial charge in [-0.3, -0.25) is 14.2 Å². The molecule has 0 aliphatic rings. The molecule has 0 atom stereocenters. The molecule has 2 N–H and O–H groups in total. The zero-order valence-corrected chi connectivity index (χ0v) is 12.1. The van der Waals surface area contributed by atoms with Crippen molar-refractivity contribution in [3.63, 3.8) is 0 Å². The highest BCUT2D eigenvalue weighted by molar-refractivity contribution is 7.99. The average Bonchev–Trinajstić information content (AvgIpc) is 2.86. The molecule has 0 aliphatic heterocycles. The van der Waals surface area contributed by atoms with Crippen LogP contribution in [0.15, 0.2) is 28.3 Å². The second-order valence-corrected chi connectivity index (χ2v) is 5.02. The number of rotatable bonds is 7. The number of thioether (sulfide) groups is 1. The highest BCUT2D eigenvalue weighted by atomic mass is 32.2. The zero-order valence-electron chi connectivity index (χ0n) is 11.3. The van der Waals surface area contributed by atoms with Gasteiger partial charge in [-0.25, -0.2) is 0 Å². The van der Waals surface area contributed by atoms with Gasteiger partial charge < -0.3 is 14.8 Å². The molecule has 0 amide bonds. The van der Waals surface area contributed by atoms with Crippen LogP contribution < -0.4 is 5.56 Å². The van der Waals surface area contributed by atoms with E-state index in [0.717, 1.165) is 11.8 Å². The Bertz CT molecular complexity index is 662. The second-order valence-electron chi connectivity index (χ2n) is 4.07. The molecule has 0 fully saturated rings. The molecule has 0 spiro atoms. The minimum atomic E-state index is -0.924. The lowest BCUT2D eigenvalue weighted by Gasteiger charge is -2.08. The fourth-order valence-electron chi connectivity index (χ4n) is 1.67. The Balaban J connectivity index is 2.33. The summed E-state index contributed by atoms with van der Waals surface area (Å²) in [6.07, 6.45) is 1.54. The molecular formula is C12H14N4O4S. The first-order valence-electron chi connectivity index (χ1n) is 6.07. The van der Waals surface area contributed by atoms with E-state index in [-0.39, 0.29) is 11.3 Å². The average molecular weight is 310 g/mol. The van der Waals surface area contributed by atoms with E-state index >= 15 is 0 Å². The van der Waals surface area contributed by atoms with Crippen molar-refractivity contribution in [1.29, 1.82) is 0 Å². The van der Waals surface area contributed by atoms with Gasteiger partial charge in [0.2, 0.25) is 5.56 Å². The Kier molecular flexibility index (Phi) is 5.12. The number of H-pyrrole nitrogens is 1. The van der Waals surface area contributed by atoms with Crippen LogP contribution in [0.4, 0.5) is 0 Å². The van der Waals surface area contributed by atoms with Crippen molar-refractivity contribution in [1.82, 2.24) is 19.7 Å². The van der Waals surface area contributed by atoms with Gasteiger partial charge in [0.1, 0.15) is 0 Å². The molecule has 0 saturated heterocycles. The molecule has 0 aliphatic carbocycles. The third-order valence-electron chi connectivity index (χ3n) is 2.60. The fourth-order valence-corrected chi connectivity index (χ4v) is 2.35. The van der Waals surface area contributed by atoms with Crippen molar-refractivity contribution < 1.29 is 14.6 Å². The Hall–Kier alpha value is -2.13. The Morgan fingerprint density at radius 2 is 2.29 bits per heavy atom. The van der Waals surface area contributed by atoms with Crippen molar-refractivity contribution in [3.05, 3.63) is 28.7 Å². The number of carboxylic acids is 1. The summed E-state index contributed by atoms with van der Waals surface area (Å²) in [6, 6.07) is 3.03. The Morgan fingerprint density at radius 1 is 1.48 bits per heavy atom. The van der Waals surface area contributed by atoms with Crippen LogP contribution in [-0.2, 0) is 16.1 Å². The molecule has 0 saturated carbocycles. The topological polar surface area (TPSA) is 110 Å². The van der Waals surface area contributed by atoms with Gasteiger partial charge in [-0.2, -0.15) is 0 Å².